The van der Waals surface area contributed by atoms with Gasteiger partial charge in [-0.2, -0.15) is 0 Å². The van der Waals surface area contributed by atoms with Crippen molar-refractivity contribution >= 4 is 34.2 Å². The highest BCUT2D eigenvalue weighted by Gasteiger charge is 2.08. The molecule has 2 aromatic rings. The monoisotopic (exact) mass is 353 g/mol. The van der Waals surface area contributed by atoms with Crippen molar-refractivity contribution in [3.63, 3.8) is 0 Å². The molecule has 3 nitrogen and oxygen atoms in total. The predicted molar refractivity (Wildman–Crippen MR) is 79.5 cm³/mol. The Morgan fingerprint density at radius 3 is 2.39 bits per heavy atom. The van der Waals surface area contributed by atoms with E-state index in [2.05, 4.69) is 27.9 Å². The lowest BCUT2D eigenvalue weighted by Gasteiger charge is -2.07. The van der Waals surface area contributed by atoms with Gasteiger partial charge in [0, 0.05) is 9.26 Å². The highest BCUT2D eigenvalue weighted by atomic mass is 127. The summed E-state index contributed by atoms with van der Waals surface area (Å²) in [5, 5.41) is 11.8. The summed E-state index contributed by atoms with van der Waals surface area (Å²) in [5.41, 5.74) is 2.20. The van der Waals surface area contributed by atoms with Gasteiger partial charge in [-0.1, -0.05) is 24.3 Å². The molecule has 0 radical (unpaired) electrons. The van der Waals surface area contributed by atoms with Crippen LogP contribution in [0, 0.1) is 3.57 Å². The minimum Gasteiger partial charge on any atom is -0.392 e. The number of amides is 1. The van der Waals surface area contributed by atoms with Gasteiger partial charge in [-0.25, -0.2) is 0 Å². The van der Waals surface area contributed by atoms with Crippen molar-refractivity contribution in [3.8, 4) is 0 Å². The first kappa shape index (κ1) is 13.0. The number of carbonyl (C=O) groups excluding carboxylic acids is 1. The summed E-state index contributed by atoms with van der Waals surface area (Å²) in [6.45, 7) is 0.00477. The third-order valence-electron chi connectivity index (χ3n) is 2.51. The highest BCUT2D eigenvalue weighted by Crippen LogP contribution is 2.15. The second-order valence-electron chi connectivity index (χ2n) is 3.79. The van der Waals surface area contributed by atoms with E-state index in [-0.39, 0.29) is 12.5 Å². The Morgan fingerprint density at radius 2 is 1.78 bits per heavy atom. The molecule has 0 aliphatic heterocycles. The van der Waals surface area contributed by atoms with Crippen molar-refractivity contribution < 1.29 is 9.90 Å². The van der Waals surface area contributed by atoms with Crippen molar-refractivity contribution in [2.45, 2.75) is 6.61 Å². The second-order valence-corrected chi connectivity index (χ2v) is 4.95. The van der Waals surface area contributed by atoms with E-state index in [4.69, 9.17) is 5.11 Å². The van der Waals surface area contributed by atoms with E-state index in [1.54, 1.807) is 30.3 Å². The maximum Gasteiger partial charge on any atom is 0.256 e. The van der Waals surface area contributed by atoms with Crippen molar-refractivity contribution in [1.82, 2.24) is 0 Å². The maximum atomic E-state index is 12.0. The van der Waals surface area contributed by atoms with Gasteiger partial charge in [0.2, 0.25) is 0 Å². The summed E-state index contributed by atoms with van der Waals surface area (Å²) in [4.78, 5) is 12.0. The highest BCUT2D eigenvalue weighted by molar-refractivity contribution is 14.1. The van der Waals surface area contributed by atoms with Gasteiger partial charge < -0.3 is 10.4 Å². The Balaban J connectivity index is 2.14. The molecule has 0 unspecified atom stereocenters. The molecule has 2 N–H and O–H groups in total. The first-order valence-electron chi connectivity index (χ1n) is 5.46. The zero-order chi connectivity index (χ0) is 13.0. The summed E-state index contributed by atoms with van der Waals surface area (Å²) >= 11 is 2.14. The topological polar surface area (TPSA) is 49.3 Å². The fourth-order valence-corrected chi connectivity index (χ4v) is 2.17. The van der Waals surface area contributed by atoms with Crippen LogP contribution in [0.4, 0.5) is 5.69 Å². The number of aliphatic hydroxyl groups is 1. The molecule has 0 bridgehead atoms. The van der Waals surface area contributed by atoms with Crippen LogP contribution in [0.1, 0.15) is 15.9 Å². The van der Waals surface area contributed by atoms with Crippen molar-refractivity contribution in [1.29, 1.82) is 0 Å². The fraction of sp³-hybridized carbons (Fsp3) is 0.0714. The summed E-state index contributed by atoms with van der Waals surface area (Å²) in [6.07, 6.45) is 0. The van der Waals surface area contributed by atoms with Gasteiger partial charge in [0.15, 0.2) is 0 Å². The van der Waals surface area contributed by atoms with E-state index < -0.39 is 0 Å². The second kappa shape index (κ2) is 5.97. The predicted octanol–water partition coefficient (Wildman–Crippen LogP) is 3.04. The number of anilines is 1. The molecular formula is C14H12INO2. The normalized spacial score (nSPS) is 10.1. The molecule has 0 fully saturated rings. The number of aliphatic hydroxyl groups excluding tert-OH is 1. The van der Waals surface area contributed by atoms with Crippen LogP contribution in [0.25, 0.3) is 0 Å². The van der Waals surface area contributed by atoms with Gasteiger partial charge in [0.05, 0.1) is 12.2 Å². The molecule has 0 spiro atoms. The molecule has 0 heterocycles. The summed E-state index contributed by atoms with van der Waals surface area (Å²) in [7, 11) is 0. The number of hydrogen-bond acceptors (Lipinski definition) is 2. The van der Waals surface area contributed by atoms with Gasteiger partial charge in [0.25, 0.3) is 5.91 Å². The minimum atomic E-state index is -0.128. The van der Waals surface area contributed by atoms with Crippen molar-refractivity contribution in [2.24, 2.45) is 0 Å². The zero-order valence-corrected chi connectivity index (χ0v) is 11.7. The fourth-order valence-electron chi connectivity index (χ4n) is 1.54. The Kier molecular flexibility index (Phi) is 4.33. The van der Waals surface area contributed by atoms with Crippen molar-refractivity contribution in [3.05, 3.63) is 63.2 Å². The molecule has 2 aromatic carbocycles. The molecule has 0 atom stereocenters. The largest absolute Gasteiger partial charge is 0.392 e. The Bertz CT molecular complexity index is 552. The van der Waals surface area contributed by atoms with Gasteiger partial charge in [0.1, 0.15) is 0 Å². The number of carbonyl (C=O) groups is 1. The van der Waals surface area contributed by atoms with E-state index in [0.29, 0.717) is 5.56 Å². The van der Waals surface area contributed by atoms with Gasteiger partial charge in [-0.3, -0.25) is 4.79 Å². The molecule has 1 amide bonds. The molecule has 2 rings (SSSR count). The zero-order valence-electron chi connectivity index (χ0n) is 9.56. The van der Waals surface area contributed by atoms with E-state index in [0.717, 1.165) is 14.8 Å². The third-order valence-corrected chi connectivity index (χ3v) is 3.45. The van der Waals surface area contributed by atoms with Crippen LogP contribution in [0.2, 0.25) is 0 Å². The average Bonchev–Trinajstić information content (AvgIpc) is 2.40. The standard InChI is InChI=1S/C14H12INO2/c15-13-4-2-1-3-12(13)14(18)16-11-7-5-10(9-17)6-8-11/h1-8,17H,9H2,(H,16,18). The molecule has 18 heavy (non-hydrogen) atoms. The quantitative estimate of drug-likeness (QED) is 0.834. The van der Waals surface area contributed by atoms with Crippen LogP contribution >= 0.6 is 22.6 Å². The molecule has 0 aliphatic carbocycles. The van der Waals surface area contributed by atoms with Gasteiger partial charge in [-0.15, -0.1) is 0 Å². The SMILES string of the molecule is O=C(Nc1ccc(CO)cc1)c1ccccc1I. The molecule has 4 heteroatoms. The molecule has 0 aromatic heterocycles. The van der Waals surface area contributed by atoms with Gasteiger partial charge in [-0.05, 0) is 52.4 Å². The summed E-state index contributed by atoms with van der Waals surface area (Å²) < 4.78 is 0.916. The Hall–Kier alpha value is -1.40. The Labute approximate surface area is 119 Å². The van der Waals surface area contributed by atoms with Crippen LogP contribution in [0.15, 0.2) is 48.5 Å². The van der Waals surface area contributed by atoms with E-state index in [9.17, 15) is 4.79 Å². The lowest BCUT2D eigenvalue weighted by molar-refractivity contribution is 0.102. The smallest absolute Gasteiger partial charge is 0.256 e. The molecule has 0 saturated carbocycles. The van der Waals surface area contributed by atoms with E-state index in [1.165, 1.54) is 0 Å². The molecule has 0 aliphatic rings. The van der Waals surface area contributed by atoms with E-state index >= 15 is 0 Å². The molecule has 92 valence electrons. The molecular weight excluding hydrogens is 341 g/mol. The van der Waals surface area contributed by atoms with Crippen LogP contribution in [0.5, 0.6) is 0 Å². The number of nitrogens with one attached hydrogen (secondary N) is 1. The first-order valence-corrected chi connectivity index (χ1v) is 6.54. The Morgan fingerprint density at radius 1 is 1.11 bits per heavy atom. The van der Waals surface area contributed by atoms with Crippen molar-refractivity contribution in [2.75, 3.05) is 5.32 Å². The summed E-state index contributed by atoms with van der Waals surface area (Å²) in [6, 6.07) is 14.5. The lowest BCUT2D eigenvalue weighted by atomic mass is 10.2. The maximum absolute atomic E-state index is 12.0. The number of hydrogen-bond donors (Lipinski definition) is 2. The van der Waals surface area contributed by atoms with Crippen LogP contribution < -0.4 is 5.32 Å². The number of halogens is 1. The minimum absolute atomic E-state index is 0.00477. The van der Waals surface area contributed by atoms with E-state index in [1.807, 2.05) is 18.2 Å². The van der Waals surface area contributed by atoms with Crippen LogP contribution in [0.3, 0.4) is 0 Å². The number of benzene rings is 2. The third kappa shape index (κ3) is 3.08. The van der Waals surface area contributed by atoms with Gasteiger partial charge >= 0.3 is 0 Å². The summed E-state index contributed by atoms with van der Waals surface area (Å²) in [5.74, 6) is -0.128. The molecule has 0 saturated heterocycles. The number of rotatable bonds is 3. The lowest BCUT2D eigenvalue weighted by Crippen LogP contribution is -2.13. The van der Waals surface area contributed by atoms with Crippen LogP contribution in [-0.4, -0.2) is 11.0 Å². The van der Waals surface area contributed by atoms with Crippen LogP contribution in [-0.2, 0) is 6.61 Å². The first-order chi connectivity index (χ1) is 8.70. The average molecular weight is 353 g/mol.